The molecule has 0 unspecified atom stereocenters. The van der Waals surface area contributed by atoms with Crippen LogP contribution in [0.1, 0.15) is 29.8 Å². The summed E-state index contributed by atoms with van der Waals surface area (Å²) in [4.78, 5) is 22.7. The summed E-state index contributed by atoms with van der Waals surface area (Å²) in [5.41, 5.74) is 0.376. The van der Waals surface area contributed by atoms with Gasteiger partial charge in [0, 0.05) is 0 Å². The van der Waals surface area contributed by atoms with Gasteiger partial charge in [-0.15, -0.1) is 0 Å². The Hall–Kier alpha value is -1.93. The number of esters is 1. The van der Waals surface area contributed by atoms with Gasteiger partial charge in [-0.05, 0) is 17.5 Å². The number of nitrogens with one attached hydrogen (secondary N) is 1. The highest BCUT2D eigenvalue weighted by atomic mass is 32.2. The number of rotatable bonds is 7. The van der Waals surface area contributed by atoms with Crippen molar-refractivity contribution in [1.29, 1.82) is 0 Å². The van der Waals surface area contributed by atoms with Crippen molar-refractivity contribution in [2.45, 2.75) is 25.6 Å². The average molecular weight is 329 g/mol. The fraction of sp³-hybridized carbons (Fsp3) is 0.429. The number of benzene rings is 1. The summed E-state index contributed by atoms with van der Waals surface area (Å²) in [7, 11) is -2.73. The fourth-order valence-electron chi connectivity index (χ4n) is 1.87. The Morgan fingerprint density at radius 1 is 1.27 bits per heavy atom. The minimum atomic E-state index is -3.93. The molecule has 122 valence electrons. The van der Waals surface area contributed by atoms with Crippen LogP contribution >= 0.6 is 0 Å². The van der Waals surface area contributed by atoms with Gasteiger partial charge in [-0.1, -0.05) is 32.0 Å². The zero-order valence-corrected chi connectivity index (χ0v) is 13.4. The van der Waals surface area contributed by atoms with Gasteiger partial charge in [-0.25, -0.2) is 17.9 Å². The van der Waals surface area contributed by atoms with Crippen molar-refractivity contribution < 1.29 is 27.9 Å². The first-order chi connectivity index (χ1) is 10.2. The van der Waals surface area contributed by atoms with E-state index in [0.29, 0.717) is 0 Å². The predicted molar refractivity (Wildman–Crippen MR) is 79.8 cm³/mol. The lowest BCUT2D eigenvalue weighted by Crippen LogP contribution is -2.44. The number of carboxylic acid groups (broad SMARTS) is 1. The second-order valence-corrected chi connectivity index (χ2v) is 6.84. The number of ether oxygens (including phenoxy) is 1. The number of hydrogen-bond acceptors (Lipinski definition) is 5. The Kier molecular flexibility index (Phi) is 6.07. The highest BCUT2D eigenvalue weighted by molar-refractivity contribution is 7.88. The van der Waals surface area contributed by atoms with Crippen LogP contribution in [0, 0.1) is 5.92 Å². The standard InChI is InChI=1S/C14H19NO6S/c1-9(2)12(13(16)17)15-22(19,20)8-10-6-4-5-7-11(10)14(18)21-3/h4-7,9,12,15H,8H2,1-3H3,(H,16,17)/t12-/m0/s1. The van der Waals surface area contributed by atoms with E-state index in [2.05, 4.69) is 9.46 Å². The number of carbonyl (C=O) groups excluding carboxylic acids is 1. The van der Waals surface area contributed by atoms with Gasteiger partial charge in [0.2, 0.25) is 10.0 Å². The molecule has 0 radical (unpaired) electrons. The van der Waals surface area contributed by atoms with Crippen molar-refractivity contribution in [3.05, 3.63) is 35.4 Å². The number of carbonyl (C=O) groups is 2. The van der Waals surface area contributed by atoms with Gasteiger partial charge in [0.05, 0.1) is 18.4 Å². The lowest BCUT2D eigenvalue weighted by Gasteiger charge is -2.18. The lowest BCUT2D eigenvalue weighted by molar-refractivity contribution is -0.140. The molecule has 0 bridgehead atoms. The van der Waals surface area contributed by atoms with Crippen molar-refractivity contribution in [2.24, 2.45) is 5.92 Å². The number of sulfonamides is 1. The summed E-state index contributed by atoms with van der Waals surface area (Å²) in [6, 6.07) is 4.89. The van der Waals surface area contributed by atoms with Crippen molar-refractivity contribution in [2.75, 3.05) is 7.11 Å². The number of carboxylic acids is 1. The molecule has 1 rings (SSSR count). The molecule has 0 saturated carbocycles. The molecule has 0 aliphatic rings. The third-order valence-electron chi connectivity index (χ3n) is 3.01. The van der Waals surface area contributed by atoms with Gasteiger partial charge in [0.15, 0.2) is 0 Å². The molecule has 0 saturated heterocycles. The first-order valence-electron chi connectivity index (χ1n) is 6.57. The van der Waals surface area contributed by atoms with Gasteiger partial charge in [0.25, 0.3) is 0 Å². The normalized spacial score (nSPS) is 12.9. The maximum absolute atomic E-state index is 12.2. The molecule has 7 nitrogen and oxygen atoms in total. The zero-order chi connectivity index (χ0) is 16.9. The molecule has 0 aliphatic carbocycles. The summed E-state index contributed by atoms with van der Waals surface area (Å²) in [5.74, 6) is -2.82. The molecule has 0 spiro atoms. The SMILES string of the molecule is COC(=O)c1ccccc1CS(=O)(=O)N[C@H](C(=O)O)C(C)C. The van der Waals surface area contributed by atoms with E-state index in [9.17, 15) is 18.0 Å². The maximum Gasteiger partial charge on any atom is 0.338 e. The van der Waals surface area contributed by atoms with E-state index in [4.69, 9.17) is 5.11 Å². The molecule has 0 aromatic heterocycles. The first kappa shape index (κ1) is 18.1. The largest absolute Gasteiger partial charge is 0.480 e. The second kappa shape index (κ2) is 7.37. The van der Waals surface area contributed by atoms with Crippen LogP contribution in [0.15, 0.2) is 24.3 Å². The fourth-order valence-corrected chi connectivity index (χ4v) is 3.37. The van der Waals surface area contributed by atoms with Crippen molar-refractivity contribution in [3.8, 4) is 0 Å². The van der Waals surface area contributed by atoms with Crippen LogP contribution in [-0.2, 0) is 25.3 Å². The van der Waals surface area contributed by atoms with Gasteiger partial charge >= 0.3 is 11.9 Å². The molecule has 0 heterocycles. The van der Waals surface area contributed by atoms with Gasteiger partial charge in [-0.3, -0.25) is 4.79 Å². The second-order valence-electron chi connectivity index (χ2n) is 5.09. The molecular weight excluding hydrogens is 310 g/mol. The molecule has 1 aromatic carbocycles. The molecule has 0 amide bonds. The van der Waals surface area contributed by atoms with E-state index in [1.165, 1.54) is 19.2 Å². The molecule has 1 atom stereocenters. The van der Waals surface area contributed by atoms with Crippen LogP contribution in [0.5, 0.6) is 0 Å². The van der Waals surface area contributed by atoms with Crippen LogP contribution < -0.4 is 4.72 Å². The molecule has 2 N–H and O–H groups in total. The first-order valence-corrected chi connectivity index (χ1v) is 8.22. The summed E-state index contributed by atoms with van der Waals surface area (Å²) < 4.78 is 31.1. The summed E-state index contributed by atoms with van der Waals surface area (Å²) >= 11 is 0. The molecule has 8 heteroatoms. The van der Waals surface area contributed by atoms with Crippen molar-refractivity contribution in [1.82, 2.24) is 4.72 Å². The Morgan fingerprint density at radius 2 is 1.86 bits per heavy atom. The van der Waals surface area contributed by atoms with E-state index in [1.807, 2.05) is 0 Å². The monoisotopic (exact) mass is 329 g/mol. The minimum absolute atomic E-state index is 0.131. The summed E-state index contributed by atoms with van der Waals surface area (Å²) in [5, 5.41) is 9.05. The Labute approximate surface area is 129 Å². The summed E-state index contributed by atoms with van der Waals surface area (Å²) in [6.07, 6.45) is 0. The van der Waals surface area contributed by atoms with E-state index in [0.717, 1.165) is 0 Å². The van der Waals surface area contributed by atoms with E-state index < -0.39 is 39.7 Å². The zero-order valence-electron chi connectivity index (χ0n) is 12.6. The molecule has 0 aliphatic heterocycles. The lowest BCUT2D eigenvalue weighted by atomic mass is 10.1. The van der Waals surface area contributed by atoms with Crippen LogP contribution in [-0.4, -0.2) is 38.6 Å². The third kappa shape index (κ3) is 4.81. The minimum Gasteiger partial charge on any atom is -0.480 e. The smallest absolute Gasteiger partial charge is 0.338 e. The summed E-state index contributed by atoms with van der Waals surface area (Å²) in [6.45, 7) is 3.20. The molecule has 22 heavy (non-hydrogen) atoms. The van der Waals surface area contributed by atoms with Gasteiger partial charge in [-0.2, -0.15) is 0 Å². The molecule has 1 aromatic rings. The Balaban J connectivity index is 3.03. The number of hydrogen-bond donors (Lipinski definition) is 2. The van der Waals surface area contributed by atoms with E-state index in [1.54, 1.807) is 26.0 Å². The number of methoxy groups -OCH3 is 1. The van der Waals surface area contributed by atoms with E-state index in [-0.39, 0.29) is 11.1 Å². The van der Waals surface area contributed by atoms with Crippen LogP contribution in [0.4, 0.5) is 0 Å². The predicted octanol–water partition coefficient (Wildman–Crippen LogP) is 1.00. The Morgan fingerprint density at radius 3 is 2.36 bits per heavy atom. The Bertz CT molecular complexity index is 653. The highest BCUT2D eigenvalue weighted by Crippen LogP contribution is 2.14. The van der Waals surface area contributed by atoms with Gasteiger partial charge < -0.3 is 9.84 Å². The highest BCUT2D eigenvalue weighted by Gasteiger charge is 2.28. The van der Waals surface area contributed by atoms with Crippen LogP contribution in [0.3, 0.4) is 0 Å². The van der Waals surface area contributed by atoms with Gasteiger partial charge in [0.1, 0.15) is 6.04 Å². The maximum atomic E-state index is 12.2. The number of aliphatic carboxylic acids is 1. The van der Waals surface area contributed by atoms with Crippen molar-refractivity contribution >= 4 is 22.0 Å². The quantitative estimate of drug-likeness (QED) is 0.722. The van der Waals surface area contributed by atoms with Crippen LogP contribution in [0.25, 0.3) is 0 Å². The third-order valence-corrected chi connectivity index (χ3v) is 4.31. The molecular formula is C14H19NO6S. The average Bonchev–Trinajstić information content (AvgIpc) is 2.43. The molecule has 0 fully saturated rings. The topological polar surface area (TPSA) is 110 Å². The van der Waals surface area contributed by atoms with Crippen molar-refractivity contribution in [3.63, 3.8) is 0 Å². The van der Waals surface area contributed by atoms with E-state index >= 15 is 0 Å². The van der Waals surface area contributed by atoms with Crippen LogP contribution in [0.2, 0.25) is 0 Å².